The summed E-state index contributed by atoms with van der Waals surface area (Å²) in [5, 5.41) is 0. The van der Waals surface area contributed by atoms with Crippen molar-refractivity contribution in [3.8, 4) is 0 Å². The van der Waals surface area contributed by atoms with Crippen molar-refractivity contribution in [2.75, 3.05) is 0 Å². The Labute approximate surface area is 140 Å². The number of Topliss-reactive ketones (excluding diaryl/α,β-unsaturated/α-hetero) is 1. The van der Waals surface area contributed by atoms with Crippen molar-refractivity contribution in [3.63, 3.8) is 0 Å². The molecule has 7 heteroatoms. The van der Waals surface area contributed by atoms with Gasteiger partial charge in [-0.15, -0.1) is 0 Å². The number of aromatic nitrogens is 4. The first kappa shape index (κ1) is 17.6. The van der Waals surface area contributed by atoms with Crippen LogP contribution in [0.5, 0.6) is 0 Å². The van der Waals surface area contributed by atoms with E-state index in [9.17, 15) is 9.59 Å². The zero-order chi connectivity index (χ0) is 17.0. The highest BCUT2D eigenvalue weighted by Crippen LogP contribution is 2.12. The van der Waals surface area contributed by atoms with Gasteiger partial charge in [-0.05, 0) is 32.0 Å². The number of ketones is 1. The Kier molecular flexibility index (Phi) is 5.87. The zero-order valence-electron chi connectivity index (χ0n) is 14.0. The molecule has 0 aliphatic carbocycles. The molecule has 0 saturated carbocycles. The molecule has 0 aliphatic heterocycles. The van der Waals surface area contributed by atoms with Crippen molar-refractivity contribution < 1.29 is 4.79 Å². The lowest BCUT2D eigenvalue weighted by molar-refractivity contribution is -0.117. The predicted molar refractivity (Wildman–Crippen MR) is 93.3 cm³/mol. The molecular weight excluding hydrogens is 312 g/mol. The molecule has 2 aromatic heterocycles. The third kappa shape index (κ3) is 3.60. The van der Waals surface area contributed by atoms with E-state index < -0.39 is 0 Å². The predicted octanol–water partition coefficient (Wildman–Crippen LogP) is 2.92. The van der Waals surface area contributed by atoms with Gasteiger partial charge in [-0.3, -0.25) is 14.2 Å². The Bertz CT molecular complexity index is 816. The van der Waals surface area contributed by atoms with E-state index in [-0.39, 0.29) is 17.9 Å². The van der Waals surface area contributed by atoms with Gasteiger partial charge >= 0.3 is 0 Å². The molecule has 2 rings (SSSR count). The summed E-state index contributed by atoms with van der Waals surface area (Å²) in [6.07, 6.45) is 5.44. The van der Waals surface area contributed by atoms with Crippen LogP contribution < -0.4 is 5.56 Å². The summed E-state index contributed by atoms with van der Waals surface area (Å²) in [6.45, 7) is 7.19. The number of hydrogen-bond acceptors (Lipinski definition) is 4. The standard InChI is InChI=1S/C16H24N4O2S/c1-4-6-8-19-14-13(18(11-17-14)10-12(3)21)15(22)20(16(19)23)9-7-5-2/h11H,4-10H2,1-3H3. The third-order valence-corrected chi connectivity index (χ3v) is 4.29. The highest BCUT2D eigenvalue weighted by atomic mass is 32.1. The third-order valence-electron chi connectivity index (χ3n) is 3.85. The van der Waals surface area contributed by atoms with Crippen LogP contribution in [0.4, 0.5) is 0 Å². The van der Waals surface area contributed by atoms with Crippen LogP contribution in [-0.4, -0.2) is 24.5 Å². The molecule has 0 saturated heterocycles. The van der Waals surface area contributed by atoms with Crippen molar-refractivity contribution >= 4 is 29.2 Å². The highest BCUT2D eigenvalue weighted by Gasteiger charge is 2.16. The van der Waals surface area contributed by atoms with E-state index in [1.165, 1.54) is 6.92 Å². The Morgan fingerprint density at radius 1 is 1.17 bits per heavy atom. The molecule has 0 aromatic carbocycles. The molecule has 0 spiro atoms. The quantitative estimate of drug-likeness (QED) is 0.695. The molecular formula is C16H24N4O2S. The maximum absolute atomic E-state index is 12.9. The molecule has 0 radical (unpaired) electrons. The van der Waals surface area contributed by atoms with E-state index in [0.29, 0.717) is 22.5 Å². The Morgan fingerprint density at radius 2 is 1.78 bits per heavy atom. The molecule has 0 fully saturated rings. The Morgan fingerprint density at radius 3 is 2.35 bits per heavy atom. The van der Waals surface area contributed by atoms with E-state index >= 15 is 0 Å². The molecule has 6 nitrogen and oxygen atoms in total. The highest BCUT2D eigenvalue weighted by molar-refractivity contribution is 7.71. The van der Waals surface area contributed by atoms with Gasteiger partial charge in [-0.1, -0.05) is 26.7 Å². The van der Waals surface area contributed by atoms with Crippen molar-refractivity contribution in [3.05, 3.63) is 21.5 Å². The minimum Gasteiger partial charge on any atom is -0.317 e. The monoisotopic (exact) mass is 336 g/mol. The number of unbranched alkanes of at least 4 members (excludes halogenated alkanes) is 2. The van der Waals surface area contributed by atoms with E-state index in [4.69, 9.17) is 12.2 Å². The first-order valence-electron chi connectivity index (χ1n) is 8.19. The summed E-state index contributed by atoms with van der Waals surface area (Å²) in [5.74, 6) is -0.00799. The van der Waals surface area contributed by atoms with Crippen LogP contribution in [0.2, 0.25) is 0 Å². The number of nitrogens with zero attached hydrogens (tertiary/aromatic N) is 4. The Balaban J connectivity index is 2.71. The fourth-order valence-electron chi connectivity index (χ4n) is 2.63. The minimum atomic E-state index is -0.148. The molecule has 0 N–H and O–H groups in total. The number of rotatable bonds is 8. The molecule has 126 valence electrons. The van der Waals surface area contributed by atoms with Gasteiger partial charge < -0.3 is 9.13 Å². The van der Waals surface area contributed by atoms with E-state index in [1.54, 1.807) is 15.5 Å². The summed E-state index contributed by atoms with van der Waals surface area (Å²) in [6, 6.07) is 0. The second-order valence-electron chi connectivity index (χ2n) is 5.84. The molecule has 23 heavy (non-hydrogen) atoms. The van der Waals surface area contributed by atoms with Crippen LogP contribution in [-0.2, 0) is 24.4 Å². The average molecular weight is 336 g/mol. The lowest BCUT2D eigenvalue weighted by Gasteiger charge is -2.13. The lowest BCUT2D eigenvalue weighted by Crippen LogP contribution is -2.27. The van der Waals surface area contributed by atoms with Crippen LogP contribution in [0.25, 0.3) is 11.2 Å². The maximum Gasteiger partial charge on any atom is 0.280 e. The number of imidazole rings is 1. The summed E-state index contributed by atoms with van der Waals surface area (Å²) >= 11 is 5.54. The number of carbonyl (C=O) groups is 1. The van der Waals surface area contributed by atoms with E-state index in [1.807, 2.05) is 4.57 Å². The SMILES string of the molecule is CCCCn1c(=O)c2c(ncn2CC(C)=O)n(CCCC)c1=S. The normalized spacial score (nSPS) is 11.3. The zero-order valence-corrected chi connectivity index (χ0v) is 14.9. The van der Waals surface area contributed by atoms with Gasteiger partial charge in [0.25, 0.3) is 5.56 Å². The van der Waals surface area contributed by atoms with E-state index in [0.717, 1.165) is 32.2 Å². The molecule has 0 bridgehead atoms. The second kappa shape index (κ2) is 7.68. The van der Waals surface area contributed by atoms with Crippen LogP contribution in [0, 0.1) is 4.77 Å². The maximum atomic E-state index is 12.9. The van der Waals surface area contributed by atoms with Gasteiger partial charge in [0.2, 0.25) is 0 Å². The molecule has 0 unspecified atom stereocenters. The fraction of sp³-hybridized carbons (Fsp3) is 0.625. The molecule has 0 atom stereocenters. The van der Waals surface area contributed by atoms with Crippen LogP contribution in [0.1, 0.15) is 46.5 Å². The number of carbonyl (C=O) groups excluding carboxylic acids is 1. The number of hydrogen-bond donors (Lipinski definition) is 0. The first-order chi connectivity index (χ1) is 11.0. The van der Waals surface area contributed by atoms with Crippen LogP contribution in [0.3, 0.4) is 0 Å². The summed E-state index contributed by atoms with van der Waals surface area (Å²) in [5.41, 5.74) is 0.911. The van der Waals surface area contributed by atoms with Gasteiger partial charge in [0.15, 0.2) is 15.9 Å². The first-order valence-corrected chi connectivity index (χ1v) is 8.60. The number of aryl methyl sites for hydroxylation is 1. The number of fused-ring (bicyclic) bond motifs is 1. The second-order valence-corrected chi connectivity index (χ2v) is 6.21. The van der Waals surface area contributed by atoms with Gasteiger partial charge in [0.05, 0.1) is 12.9 Å². The van der Waals surface area contributed by atoms with Crippen LogP contribution >= 0.6 is 12.2 Å². The largest absolute Gasteiger partial charge is 0.317 e. The molecule has 0 amide bonds. The minimum absolute atomic E-state index is 0.00799. The van der Waals surface area contributed by atoms with Crippen molar-refractivity contribution in [2.45, 2.75) is 66.1 Å². The van der Waals surface area contributed by atoms with Crippen molar-refractivity contribution in [2.24, 2.45) is 0 Å². The molecule has 2 heterocycles. The van der Waals surface area contributed by atoms with Gasteiger partial charge in [-0.2, -0.15) is 0 Å². The lowest BCUT2D eigenvalue weighted by atomic mass is 10.3. The van der Waals surface area contributed by atoms with Gasteiger partial charge in [0.1, 0.15) is 5.78 Å². The van der Waals surface area contributed by atoms with Crippen LogP contribution in [0.15, 0.2) is 11.1 Å². The van der Waals surface area contributed by atoms with Crippen molar-refractivity contribution in [1.29, 1.82) is 0 Å². The summed E-state index contributed by atoms with van der Waals surface area (Å²) in [7, 11) is 0. The summed E-state index contributed by atoms with van der Waals surface area (Å²) < 4.78 is 5.74. The average Bonchev–Trinajstić information content (AvgIpc) is 2.90. The molecule has 0 aliphatic rings. The topological polar surface area (TPSA) is 61.8 Å². The summed E-state index contributed by atoms with van der Waals surface area (Å²) in [4.78, 5) is 28.7. The van der Waals surface area contributed by atoms with E-state index in [2.05, 4.69) is 18.8 Å². The van der Waals surface area contributed by atoms with Crippen molar-refractivity contribution in [1.82, 2.24) is 18.7 Å². The molecule has 2 aromatic rings. The fourth-order valence-corrected chi connectivity index (χ4v) is 2.98. The smallest absolute Gasteiger partial charge is 0.280 e. The van der Waals surface area contributed by atoms with Gasteiger partial charge in [-0.25, -0.2) is 4.98 Å². The Hall–Kier alpha value is -1.76. The van der Waals surface area contributed by atoms with Gasteiger partial charge in [0, 0.05) is 13.1 Å².